The fourth-order valence-corrected chi connectivity index (χ4v) is 2.13. The zero-order valence-electron chi connectivity index (χ0n) is 8.89. The molecular weight excluding hydrogens is 174 g/mol. The Balaban J connectivity index is 3.01. The second kappa shape index (κ2) is 3.46. The smallest absolute Gasteiger partial charge is 0.0796 e. The van der Waals surface area contributed by atoms with Gasteiger partial charge in [0.1, 0.15) is 0 Å². The normalized spacial score (nSPS) is 11.4. The van der Waals surface area contributed by atoms with E-state index in [1.54, 1.807) is 0 Å². The molecule has 0 saturated carbocycles. The maximum absolute atomic E-state index is 4.38. The predicted molar refractivity (Wildman–Crippen MR) is 61.9 cm³/mol. The van der Waals surface area contributed by atoms with Crippen LogP contribution in [0, 0.1) is 0 Å². The van der Waals surface area contributed by atoms with Gasteiger partial charge in [-0.05, 0) is 23.7 Å². The molecule has 70 valence electrons. The molecule has 0 aliphatic rings. The Hall–Kier alpha value is -0.893. The van der Waals surface area contributed by atoms with E-state index in [0.717, 1.165) is 11.3 Å². The molecule has 0 aliphatic heterocycles. The van der Waals surface area contributed by atoms with Crippen molar-refractivity contribution in [2.45, 2.75) is 26.6 Å². The second-order valence-corrected chi connectivity index (χ2v) is 9.54. The lowest BCUT2D eigenvalue weighted by Crippen LogP contribution is -2.37. The van der Waals surface area contributed by atoms with Gasteiger partial charge < -0.3 is 0 Å². The summed E-state index contributed by atoms with van der Waals surface area (Å²) < 4.78 is 0. The molecule has 1 rings (SSSR count). The van der Waals surface area contributed by atoms with Gasteiger partial charge in [0.15, 0.2) is 0 Å². The molecule has 1 aromatic heterocycles. The molecule has 0 spiro atoms. The summed E-state index contributed by atoms with van der Waals surface area (Å²) in [4.78, 5) is 4.38. The molecule has 0 aromatic carbocycles. The second-order valence-electron chi connectivity index (χ2n) is 4.46. The van der Waals surface area contributed by atoms with Crippen LogP contribution in [0.1, 0.15) is 12.6 Å². The third-order valence-electron chi connectivity index (χ3n) is 2.07. The van der Waals surface area contributed by atoms with Gasteiger partial charge in [0.25, 0.3) is 0 Å². The van der Waals surface area contributed by atoms with E-state index in [4.69, 9.17) is 0 Å². The maximum atomic E-state index is 4.38. The van der Waals surface area contributed by atoms with Crippen LogP contribution in [-0.2, 0) is 0 Å². The van der Waals surface area contributed by atoms with Crippen molar-refractivity contribution in [3.05, 3.63) is 30.6 Å². The first kappa shape index (κ1) is 10.2. The van der Waals surface area contributed by atoms with Crippen molar-refractivity contribution in [3.8, 4) is 0 Å². The first-order chi connectivity index (χ1) is 5.91. The average Bonchev–Trinajstić information content (AvgIpc) is 2.03. The van der Waals surface area contributed by atoms with Crippen LogP contribution in [0.4, 0.5) is 0 Å². The number of aromatic nitrogens is 1. The molecule has 13 heavy (non-hydrogen) atoms. The fraction of sp³-hybridized carbons (Fsp3) is 0.364. The van der Waals surface area contributed by atoms with Crippen molar-refractivity contribution in [1.29, 1.82) is 0 Å². The molecular formula is C11H17NSi. The van der Waals surface area contributed by atoms with Crippen LogP contribution in [0.5, 0.6) is 0 Å². The minimum absolute atomic E-state index is 1.00. The molecule has 1 aromatic rings. The molecule has 2 heteroatoms. The highest BCUT2D eigenvalue weighted by Crippen LogP contribution is 2.07. The van der Waals surface area contributed by atoms with Crippen LogP contribution in [-0.4, -0.2) is 13.1 Å². The lowest BCUT2D eigenvalue weighted by molar-refractivity contribution is 1.28. The molecule has 1 heterocycles. The van der Waals surface area contributed by atoms with E-state index in [1.807, 2.05) is 13.1 Å². The van der Waals surface area contributed by atoms with Gasteiger partial charge in [-0.3, -0.25) is 4.98 Å². The minimum atomic E-state index is -1.18. The summed E-state index contributed by atoms with van der Waals surface area (Å²) in [5, 5.41) is 1.40. The topological polar surface area (TPSA) is 12.9 Å². The van der Waals surface area contributed by atoms with Gasteiger partial charge in [-0.1, -0.05) is 32.3 Å². The van der Waals surface area contributed by atoms with Crippen molar-refractivity contribution >= 4 is 18.8 Å². The Morgan fingerprint density at radius 3 is 2.23 bits per heavy atom. The van der Waals surface area contributed by atoms with Crippen molar-refractivity contribution < 1.29 is 0 Å². The van der Waals surface area contributed by atoms with Gasteiger partial charge >= 0.3 is 0 Å². The highest BCUT2D eigenvalue weighted by molar-refractivity contribution is 6.88. The number of allylic oxidation sites excluding steroid dienone is 1. The monoisotopic (exact) mass is 191 g/mol. The third kappa shape index (κ3) is 2.52. The molecule has 0 atom stereocenters. The fourth-order valence-electron chi connectivity index (χ4n) is 1.09. The molecule has 1 nitrogen and oxygen atoms in total. The molecule has 0 aliphatic carbocycles. The largest absolute Gasteiger partial charge is 0.257 e. The molecule has 0 radical (unpaired) electrons. The Morgan fingerprint density at radius 1 is 1.31 bits per heavy atom. The lowest BCUT2D eigenvalue weighted by atomic mass is 10.2. The van der Waals surface area contributed by atoms with Crippen molar-refractivity contribution in [1.82, 2.24) is 4.98 Å². The molecule has 0 amide bonds. The van der Waals surface area contributed by atoms with Crippen LogP contribution < -0.4 is 5.19 Å². The van der Waals surface area contributed by atoms with Crippen molar-refractivity contribution in [3.63, 3.8) is 0 Å². The first-order valence-electron chi connectivity index (χ1n) is 4.53. The summed E-state index contributed by atoms with van der Waals surface area (Å²) in [6, 6.07) is 4.25. The van der Waals surface area contributed by atoms with E-state index in [1.165, 1.54) is 5.19 Å². The van der Waals surface area contributed by atoms with Crippen LogP contribution in [0.2, 0.25) is 19.6 Å². The van der Waals surface area contributed by atoms with E-state index in [0.29, 0.717) is 0 Å². The van der Waals surface area contributed by atoms with Crippen molar-refractivity contribution in [2.75, 3.05) is 0 Å². The number of rotatable bonds is 2. The van der Waals surface area contributed by atoms with Gasteiger partial charge in [0.2, 0.25) is 0 Å². The molecule has 0 fully saturated rings. The minimum Gasteiger partial charge on any atom is -0.257 e. The Labute approximate surface area is 81.5 Å². The molecule has 0 unspecified atom stereocenters. The van der Waals surface area contributed by atoms with Gasteiger partial charge in [-0.2, -0.15) is 0 Å². The van der Waals surface area contributed by atoms with E-state index in [9.17, 15) is 0 Å². The Morgan fingerprint density at radius 2 is 1.92 bits per heavy atom. The number of nitrogens with zero attached hydrogens (tertiary/aromatic N) is 1. The average molecular weight is 191 g/mol. The van der Waals surface area contributed by atoms with Gasteiger partial charge in [-0.15, -0.1) is 0 Å². The maximum Gasteiger partial charge on any atom is 0.0796 e. The SMILES string of the molecule is C=C(C)c1ccc([Si](C)(C)C)cn1. The zero-order chi connectivity index (χ0) is 10.1. The summed E-state index contributed by atoms with van der Waals surface area (Å²) >= 11 is 0. The zero-order valence-corrected chi connectivity index (χ0v) is 9.89. The Bertz CT molecular complexity index is 306. The van der Waals surface area contributed by atoms with Crippen molar-refractivity contribution in [2.24, 2.45) is 0 Å². The number of hydrogen-bond donors (Lipinski definition) is 0. The lowest BCUT2D eigenvalue weighted by Gasteiger charge is -2.15. The summed E-state index contributed by atoms with van der Waals surface area (Å²) in [6.45, 7) is 12.8. The van der Waals surface area contributed by atoms with E-state index in [2.05, 4.69) is 43.3 Å². The number of hydrogen-bond acceptors (Lipinski definition) is 1. The van der Waals surface area contributed by atoms with E-state index < -0.39 is 8.07 Å². The summed E-state index contributed by atoms with van der Waals surface area (Å²) in [6.07, 6.45) is 2.00. The van der Waals surface area contributed by atoms with Gasteiger partial charge in [0, 0.05) is 6.20 Å². The van der Waals surface area contributed by atoms with Crippen LogP contribution in [0.15, 0.2) is 24.9 Å². The van der Waals surface area contributed by atoms with E-state index >= 15 is 0 Å². The quantitative estimate of drug-likeness (QED) is 0.655. The van der Waals surface area contributed by atoms with E-state index in [-0.39, 0.29) is 0 Å². The third-order valence-corrected chi connectivity index (χ3v) is 4.09. The Kier molecular flexibility index (Phi) is 2.71. The standard InChI is InChI=1S/C11H17NSi/c1-9(2)11-7-6-10(8-12-11)13(3,4)5/h6-8H,1H2,2-5H3. The summed E-state index contributed by atoms with van der Waals surface area (Å²) in [5.74, 6) is 0. The van der Waals surface area contributed by atoms with Crippen LogP contribution in [0.25, 0.3) is 5.57 Å². The van der Waals surface area contributed by atoms with Gasteiger partial charge in [0.05, 0.1) is 13.8 Å². The first-order valence-corrected chi connectivity index (χ1v) is 8.03. The predicted octanol–water partition coefficient (Wildman–Crippen LogP) is 2.66. The van der Waals surface area contributed by atoms with Crippen LogP contribution >= 0.6 is 0 Å². The highest BCUT2D eigenvalue weighted by Gasteiger charge is 2.16. The molecule has 0 N–H and O–H groups in total. The molecule has 0 saturated heterocycles. The summed E-state index contributed by atoms with van der Waals surface area (Å²) in [5.41, 5.74) is 2.03. The number of pyridine rings is 1. The molecule has 0 bridgehead atoms. The summed E-state index contributed by atoms with van der Waals surface area (Å²) in [7, 11) is -1.18. The highest BCUT2D eigenvalue weighted by atomic mass is 28.3. The van der Waals surface area contributed by atoms with Crippen LogP contribution in [0.3, 0.4) is 0 Å². The van der Waals surface area contributed by atoms with Gasteiger partial charge in [-0.25, -0.2) is 0 Å².